The summed E-state index contributed by atoms with van der Waals surface area (Å²) in [5, 5.41) is 35.1. The van der Waals surface area contributed by atoms with Crippen molar-refractivity contribution in [1.82, 2.24) is 0 Å². The first-order valence-electron chi connectivity index (χ1n) is 11.2. The Morgan fingerprint density at radius 1 is 1.07 bits per heavy atom. The molecule has 7 nitrogen and oxygen atoms in total. The summed E-state index contributed by atoms with van der Waals surface area (Å²) in [5.41, 5.74) is -2.45. The molecular weight excluding hydrogens is 388 g/mol. The molecule has 7 heteroatoms. The third kappa shape index (κ3) is 1.75. The van der Waals surface area contributed by atoms with Crippen molar-refractivity contribution in [3.05, 3.63) is 12.2 Å². The lowest BCUT2D eigenvalue weighted by atomic mass is 9.35. The van der Waals surface area contributed by atoms with Crippen LogP contribution in [0.1, 0.15) is 47.0 Å². The third-order valence-electron chi connectivity index (χ3n) is 9.67. The quantitative estimate of drug-likeness (QED) is 0.505. The van der Waals surface area contributed by atoms with Crippen molar-refractivity contribution >= 4 is 5.78 Å². The van der Waals surface area contributed by atoms with Gasteiger partial charge < -0.3 is 29.5 Å². The van der Waals surface area contributed by atoms with E-state index in [9.17, 15) is 20.1 Å². The van der Waals surface area contributed by atoms with Crippen LogP contribution in [-0.2, 0) is 19.0 Å². The predicted molar refractivity (Wildman–Crippen MR) is 104 cm³/mol. The molecule has 0 radical (unpaired) electrons. The van der Waals surface area contributed by atoms with Crippen molar-refractivity contribution in [2.45, 2.75) is 82.9 Å². The Labute approximate surface area is 176 Å². The van der Waals surface area contributed by atoms with E-state index in [1.54, 1.807) is 0 Å². The van der Waals surface area contributed by atoms with Gasteiger partial charge in [-0.2, -0.15) is 0 Å². The molecule has 3 N–H and O–H groups in total. The molecule has 3 heterocycles. The Morgan fingerprint density at radius 2 is 1.77 bits per heavy atom. The highest BCUT2D eigenvalue weighted by molar-refractivity contribution is 6.05. The van der Waals surface area contributed by atoms with E-state index in [4.69, 9.17) is 14.2 Å². The average molecular weight is 421 g/mol. The maximum Gasteiger partial charge on any atom is 0.208 e. The number of ether oxygens (including phenoxy) is 3. The summed E-state index contributed by atoms with van der Waals surface area (Å²) in [5.74, 6) is -4.89. The molecule has 7 rings (SSSR count). The maximum absolute atomic E-state index is 13.8. The second kappa shape index (κ2) is 5.21. The summed E-state index contributed by atoms with van der Waals surface area (Å²) in [4.78, 5) is 13.8. The van der Waals surface area contributed by atoms with E-state index in [2.05, 4.69) is 20.4 Å². The Balaban J connectivity index is 1.70. The zero-order chi connectivity index (χ0) is 21.6. The molecule has 4 unspecified atom stereocenters. The van der Waals surface area contributed by atoms with Gasteiger partial charge in [-0.25, -0.2) is 0 Å². The van der Waals surface area contributed by atoms with Crippen molar-refractivity contribution in [1.29, 1.82) is 0 Å². The van der Waals surface area contributed by atoms with E-state index in [0.717, 1.165) is 12.8 Å². The van der Waals surface area contributed by atoms with Gasteiger partial charge in [0.25, 0.3) is 0 Å². The van der Waals surface area contributed by atoms with Crippen LogP contribution in [0.3, 0.4) is 0 Å². The molecule has 4 saturated carbocycles. The summed E-state index contributed by atoms with van der Waals surface area (Å²) >= 11 is 0. The van der Waals surface area contributed by atoms with Crippen molar-refractivity contribution in [3.63, 3.8) is 0 Å². The van der Waals surface area contributed by atoms with Crippen molar-refractivity contribution in [2.75, 3.05) is 6.61 Å². The van der Waals surface area contributed by atoms with E-state index in [0.29, 0.717) is 12.0 Å². The van der Waals surface area contributed by atoms with Gasteiger partial charge in [0.2, 0.25) is 5.79 Å². The van der Waals surface area contributed by atoms with Gasteiger partial charge in [0.05, 0.1) is 24.9 Å². The second-order valence-electron chi connectivity index (χ2n) is 11.7. The molecule has 0 amide bonds. The van der Waals surface area contributed by atoms with Crippen molar-refractivity contribution < 1.29 is 34.3 Å². The Hall–Kier alpha value is -0.830. The molecule has 0 aromatic heterocycles. The number of ketones is 1. The molecule has 10 atom stereocenters. The first-order valence-corrected chi connectivity index (χ1v) is 11.2. The summed E-state index contributed by atoms with van der Waals surface area (Å²) in [6.45, 7) is 12.1. The van der Waals surface area contributed by atoms with Crippen LogP contribution in [0.4, 0.5) is 0 Å². The van der Waals surface area contributed by atoms with Crippen molar-refractivity contribution in [3.8, 4) is 0 Å². The fourth-order valence-electron chi connectivity index (χ4n) is 8.89. The Kier molecular flexibility index (Phi) is 3.44. The monoisotopic (exact) mass is 420 g/mol. The molecular formula is C23H32O7. The van der Waals surface area contributed by atoms with E-state index in [1.165, 1.54) is 0 Å². The lowest BCUT2D eigenvalue weighted by molar-refractivity contribution is -0.460. The van der Waals surface area contributed by atoms with Gasteiger partial charge in [0, 0.05) is 23.2 Å². The summed E-state index contributed by atoms with van der Waals surface area (Å²) in [7, 11) is 0. The number of carbonyl (C=O) groups is 1. The molecule has 3 saturated heterocycles. The number of carbonyl (C=O) groups excluding carboxylic acids is 1. The fourth-order valence-corrected chi connectivity index (χ4v) is 8.89. The van der Waals surface area contributed by atoms with Crippen LogP contribution in [-0.4, -0.2) is 63.7 Å². The largest absolute Gasteiger partial charge is 0.391 e. The first-order chi connectivity index (χ1) is 13.8. The summed E-state index contributed by atoms with van der Waals surface area (Å²) in [6, 6.07) is 0. The van der Waals surface area contributed by atoms with Gasteiger partial charge in [0.15, 0.2) is 11.6 Å². The number of rotatable bonds is 0. The normalized spacial score (nSPS) is 59.6. The zero-order valence-corrected chi connectivity index (χ0v) is 18.1. The number of hydrogen-bond donors (Lipinski definition) is 3. The number of aliphatic hydroxyl groups excluding tert-OH is 2. The highest BCUT2D eigenvalue weighted by Crippen LogP contribution is 2.77. The molecule has 7 fully saturated rings. The van der Waals surface area contributed by atoms with Gasteiger partial charge in [-0.1, -0.05) is 20.4 Å². The second-order valence-corrected chi connectivity index (χ2v) is 11.7. The third-order valence-corrected chi connectivity index (χ3v) is 9.67. The number of Topliss-reactive ketones (excluding diaryl/α,β-unsaturated/α-hetero) is 1. The maximum atomic E-state index is 13.8. The summed E-state index contributed by atoms with van der Waals surface area (Å²) < 4.78 is 19.1. The standard InChI is InChI=1S/C23H32O7/c1-10-11-8-12-14-21-9-28-23(27,22(14,16(10)24)17(11)25)18(26)15(21)19(2,3)7-6-13(21)30-20(4,5)29-12/h11-15,17-18,25-27H,1,6-9H2,2-5H3/t11?,12-,13?,14-,15+,17+,18-,21?,22?,23-/m0/s1. The van der Waals surface area contributed by atoms with Crippen LogP contribution in [0.25, 0.3) is 0 Å². The molecule has 3 aliphatic heterocycles. The van der Waals surface area contributed by atoms with Gasteiger partial charge in [-0.15, -0.1) is 0 Å². The molecule has 7 aliphatic rings. The molecule has 0 aromatic carbocycles. The smallest absolute Gasteiger partial charge is 0.208 e. The van der Waals surface area contributed by atoms with E-state index in [1.807, 2.05) is 13.8 Å². The van der Waals surface area contributed by atoms with Gasteiger partial charge in [0.1, 0.15) is 11.5 Å². The van der Waals surface area contributed by atoms with Gasteiger partial charge in [-0.3, -0.25) is 4.79 Å². The molecule has 166 valence electrons. The number of hydrogen-bond acceptors (Lipinski definition) is 7. The van der Waals surface area contributed by atoms with Gasteiger partial charge in [-0.05, 0) is 44.1 Å². The zero-order valence-electron chi connectivity index (χ0n) is 18.1. The minimum atomic E-state index is -2.19. The van der Waals surface area contributed by atoms with Gasteiger partial charge >= 0.3 is 0 Å². The number of fused-ring (bicyclic) bond motifs is 2. The molecule has 4 aliphatic carbocycles. The fraction of sp³-hybridized carbons (Fsp3) is 0.870. The summed E-state index contributed by atoms with van der Waals surface area (Å²) in [6.07, 6.45) is -1.25. The van der Waals surface area contributed by atoms with Crippen molar-refractivity contribution in [2.24, 2.45) is 34.0 Å². The number of aliphatic hydroxyl groups is 3. The molecule has 30 heavy (non-hydrogen) atoms. The van der Waals surface area contributed by atoms with E-state index >= 15 is 0 Å². The Bertz CT molecular complexity index is 866. The average Bonchev–Trinajstić information content (AvgIpc) is 2.74. The highest BCUT2D eigenvalue weighted by Gasteiger charge is 2.89. The van der Waals surface area contributed by atoms with Crippen LogP contribution < -0.4 is 0 Å². The minimum Gasteiger partial charge on any atom is -0.391 e. The van der Waals surface area contributed by atoms with Crippen LogP contribution >= 0.6 is 0 Å². The van der Waals surface area contributed by atoms with E-state index < -0.39 is 58.3 Å². The lowest BCUT2D eigenvalue weighted by Gasteiger charge is -2.75. The topological polar surface area (TPSA) is 105 Å². The first kappa shape index (κ1) is 19.8. The predicted octanol–water partition coefficient (Wildman–Crippen LogP) is 1.14. The molecule has 4 bridgehead atoms. The van der Waals surface area contributed by atoms with E-state index in [-0.39, 0.29) is 24.0 Å². The van der Waals surface area contributed by atoms with Crippen LogP contribution in [0.15, 0.2) is 12.2 Å². The molecule has 0 aromatic rings. The molecule has 2 spiro atoms. The van der Waals surface area contributed by atoms with Crippen LogP contribution in [0, 0.1) is 34.0 Å². The minimum absolute atomic E-state index is 0.165. The van der Waals surface area contributed by atoms with Crippen LogP contribution in [0.5, 0.6) is 0 Å². The lowest BCUT2D eigenvalue weighted by Crippen LogP contribution is -2.87. The SMILES string of the molecule is C=C1C(=O)C23[C@H](O)C1C[C@@H]1OC(C)(C)OC4CCC(C)(C)[C@H]5[C@H](O)[C@]2(O)OCC45[C@H]13. The van der Waals surface area contributed by atoms with Crippen LogP contribution in [0.2, 0.25) is 0 Å². The Morgan fingerprint density at radius 3 is 2.47 bits per heavy atom. The highest BCUT2D eigenvalue weighted by atomic mass is 16.7.